The molecule has 1 heterocycles. The molecule has 2 aromatic carbocycles. The van der Waals surface area contributed by atoms with Crippen molar-refractivity contribution in [2.24, 2.45) is 5.92 Å². The van der Waals surface area contributed by atoms with E-state index in [1.54, 1.807) is 31.4 Å². The second-order valence-corrected chi connectivity index (χ2v) is 7.12. The molecule has 2 aromatic rings. The molecule has 0 unspecified atom stereocenters. The zero-order valence-electron chi connectivity index (χ0n) is 17.2. The van der Waals surface area contributed by atoms with Crippen molar-refractivity contribution in [2.45, 2.75) is 18.4 Å². The zero-order valence-corrected chi connectivity index (χ0v) is 17.2. The third kappa shape index (κ3) is 4.30. The molecule has 0 spiro atoms. The summed E-state index contributed by atoms with van der Waals surface area (Å²) < 4.78 is 15.1. The van der Waals surface area contributed by atoms with Gasteiger partial charge >= 0.3 is 11.9 Å². The third-order valence-electron chi connectivity index (χ3n) is 5.55. The maximum absolute atomic E-state index is 13.2. The van der Waals surface area contributed by atoms with Crippen LogP contribution in [0.5, 0.6) is 5.75 Å². The Morgan fingerprint density at radius 2 is 1.60 bits per heavy atom. The SMILES string of the molecule is COC(=O)C[C@@H]1[C@@H](C(=O)OC)N(C(=O)c2ccccc2)C[C@H]1c1ccc(OC)cc1. The fourth-order valence-electron chi connectivity index (χ4n) is 4.02. The van der Waals surface area contributed by atoms with E-state index >= 15 is 0 Å². The Morgan fingerprint density at radius 3 is 2.17 bits per heavy atom. The summed E-state index contributed by atoms with van der Waals surface area (Å²) in [6.45, 7) is 0.279. The number of esters is 2. The standard InChI is InChI=1S/C23H25NO6/c1-28-17-11-9-15(10-12-17)19-14-24(22(26)16-7-5-4-6-8-16)21(23(27)30-3)18(19)13-20(25)29-2/h4-12,18-19,21H,13-14H2,1-3H3/t18-,19-,21-/m0/s1. The van der Waals surface area contributed by atoms with Gasteiger partial charge in [0, 0.05) is 23.9 Å². The molecule has 1 fully saturated rings. The van der Waals surface area contributed by atoms with Crippen molar-refractivity contribution in [3.63, 3.8) is 0 Å². The van der Waals surface area contributed by atoms with E-state index in [1.807, 2.05) is 30.3 Å². The number of carbonyl (C=O) groups excluding carboxylic acids is 3. The smallest absolute Gasteiger partial charge is 0.328 e. The van der Waals surface area contributed by atoms with Crippen LogP contribution in [0.4, 0.5) is 0 Å². The summed E-state index contributed by atoms with van der Waals surface area (Å²) in [6.07, 6.45) is -0.00840. The van der Waals surface area contributed by atoms with E-state index in [1.165, 1.54) is 19.1 Å². The lowest BCUT2D eigenvalue weighted by molar-refractivity contribution is -0.148. The number of hydrogen-bond donors (Lipinski definition) is 0. The lowest BCUT2D eigenvalue weighted by atomic mass is 9.83. The minimum Gasteiger partial charge on any atom is -0.497 e. The van der Waals surface area contributed by atoms with E-state index in [2.05, 4.69) is 0 Å². The number of amides is 1. The Morgan fingerprint density at radius 1 is 0.933 bits per heavy atom. The Labute approximate surface area is 175 Å². The molecule has 158 valence electrons. The normalized spacial score (nSPS) is 20.5. The molecule has 0 aliphatic carbocycles. The molecule has 1 amide bonds. The molecular formula is C23H25NO6. The lowest BCUT2D eigenvalue weighted by Crippen LogP contribution is -2.44. The van der Waals surface area contributed by atoms with Crippen LogP contribution in [-0.2, 0) is 19.1 Å². The summed E-state index contributed by atoms with van der Waals surface area (Å²) in [5.41, 5.74) is 1.38. The molecule has 30 heavy (non-hydrogen) atoms. The first-order chi connectivity index (χ1) is 14.5. The number of ether oxygens (including phenoxy) is 3. The number of methoxy groups -OCH3 is 3. The van der Waals surface area contributed by atoms with E-state index in [0.29, 0.717) is 11.3 Å². The molecule has 1 aliphatic rings. The van der Waals surface area contributed by atoms with Crippen LogP contribution in [0.25, 0.3) is 0 Å². The summed E-state index contributed by atoms with van der Waals surface area (Å²) in [7, 11) is 4.17. The van der Waals surface area contributed by atoms with Gasteiger partial charge in [0.25, 0.3) is 5.91 Å². The van der Waals surface area contributed by atoms with Crippen molar-refractivity contribution in [2.75, 3.05) is 27.9 Å². The van der Waals surface area contributed by atoms with Gasteiger partial charge in [-0.2, -0.15) is 0 Å². The van der Waals surface area contributed by atoms with Crippen LogP contribution >= 0.6 is 0 Å². The number of carbonyl (C=O) groups is 3. The second-order valence-electron chi connectivity index (χ2n) is 7.12. The maximum atomic E-state index is 13.2. The second kappa shape index (κ2) is 9.43. The van der Waals surface area contributed by atoms with Crippen LogP contribution in [0.3, 0.4) is 0 Å². The Hall–Kier alpha value is -3.35. The lowest BCUT2D eigenvalue weighted by Gasteiger charge is -2.26. The van der Waals surface area contributed by atoms with Crippen LogP contribution in [0.1, 0.15) is 28.3 Å². The molecule has 3 atom stereocenters. The number of likely N-dealkylation sites (tertiary alicyclic amines) is 1. The molecule has 0 radical (unpaired) electrons. The van der Waals surface area contributed by atoms with Crippen molar-refractivity contribution >= 4 is 17.8 Å². The van der Waals surface area contributed by atoms with E-state index < -0.39 is 23.9 Å². The van der Waals surface area contributed by atoms with Crippen LogP contribution in [0.15, 0.2) is 54.6 Å². The molecule has 0 aromatic heterocycles. The summed E-state index contributed by atoms with van der Waals surface area (Å²) in [5, 5.41) is 0. The van der Waals surface area contributed by atoms with Crippen LogP contribution in [0, 0.1) is 5.92 Å². The summed E-state index contributed by atoms with van der Waals surface area (Å²) >= 11 is 0. The number of rotatable bonds is 6. The molecule has 7 nitrogen and oxygen atoms in total. The van der Waals surface area contributed by atoms with E-state index in [4.69, 9.17) is 14.2 Å². The van der Waals surface area contributed by atoms with Crippen molar-refractivity contribution in [1.29, 1.82) is 0 Å². The predicted octanol–water partition coefficient (Wildman–Crippen LogP) is 2.66. The first kappa shape index (κ1) is 21.4. The monoisotopic (exact) mass is 411 g/mol. The van der Waals surface area contributed by atoms with Gasteiger partial charge in [0.15, 0.2) is 0 Å². The average molecular weight is 411 g/mol. The van der Waals surface area contributed by atoms with Gasteiger partial charge in [0.05, 0.1) is 27.8 Å². The quantitative estimate of drug-likeness (QED) is 0.680. The zero-order chi connectivity index (χ0) is 21.7. The molecule has 0 saturated carbocycles. The van der Waals surface area contributed by atoms with Gasteiger partial charge in [-0.25, -0.2) is 4.79 Å². The highest BCUT2D eigenvalue weighted by Crippen LogP contribution is 2.41. The molecule has 1 aliphatic heterocycles. The number of hydrogen-bond acceptors (Lipinski definition) is 6. The molecule has 0 N–H and O–H groups in total. The van der Waals surface area contributed by atoms with Crippen molar-refractivity contribution < 1.29 is 28.6 Å². The maximum Gasteiger partial charge on any atom is 0.328 e. The first-order valence-corrected chi connectivity index (χ1v) is 9.64. The average Bonchev–Trinajstić information content (AvgIpc) is 3.17. The third-order valence-corrected chi connectivity index (χ3v) is 5.55. The Bertz CT molecular complexity index is 896. The largest absolute Gasteiger partial charge is 0.497 e. The van der Waals surface area contributed by atoms with Crippen LogP contribution in [0.2, 0.25) is 0 Å². The van der Waals surface area contributed by atoms with Crippen molar-refractivity contribution in [3.8, 4) is 5.75 Å². The van der Waals surface area contributed by atoms with E-state index in [9.17, 15) is 14.4 Å². The van der Waals surface area contributed by atoms with Gasteiger partial charge in [0.1, 0.15) is 11.8 Å². The molecule has 1 saturated heterocycles. The molecular weight excluding hydrogens is 386 g/mol. The van der Waals surface area contributed by atoms with E-state index in [-0.39, 0.29) is 24.8 Å². The minimum atomic E-state index is -0.895. The van der Waals surface area contributed by atoms with Crippen LogP contribution < -0.4 is 4.74 Å². The van der Waals surface area contributed by atoms with Crippen LogP contribution in [-0.4, -0.2) is 56.7 Å². The van der Waals surface area contributed by atoms with Crippen molar-refractivity contribution in [3.05, 3.63) is 65.7 Å². The molecule has 3 rings (SSSR count). The first-order valence-electron chi connectivity index (χ1n) is 9.64. The summed E-state index contributed by atoms with van der Waals surface area (Å²) in [6, 6.07) is 15.3. The Kier molecular flexibility index (Phi) is 6.72. The minimum absolute atomic E-state index is 0.00840. The van der Waals surface area contributed by atoms with Crippen molar-refractivity contribution in [1.82, 2.24) is 4.90 Å². The van der Waals surface area contributed by atoms with Gasteiger partial charge < -0.3 is 19.1 Å². The highest BCUT2D eigenvalue weighted by Gasteiger charge is 2.49. The van der Waals surface area contributed by atoms with Gasteiger partial charge in [-0.05, 0) is 29.8 Å². The molecule has 7 heteroatoms. The number of benzene rings is 2. The number of nitrogens with zero attached hydrogens (tertiary/aromatic N) is 1. The highest BCUT2D eigenvalue weighted by atomic mass is 16.5. The van der Waals surface area contributed by atoms with Gasteiger partial charge in [-0.1, -0.05) is 30.3 Å². The summed E-state index contributed by atoms with van der Waals surface area (Å²) in [4.78, 5) is 39.6. The molecule has 0 bridgehead atoms. The van der Waals surface area contributed by atoms with E-state index in [0.717, 1.165) is 5.56 Å². The summed E-state index contributed by atoms with van der Waals surface area (Å²) in [5.74, 6) is -1.30. The highest BCUT2D eigenvalue weighted by molar-refractivity contribution is 5.97. The Balaban J connectivity index is 2.02. The fraction of sp³-hybridized carbons (Fsp3) is 0.348. The fourth-order valence-corrected chi connectivity index (χ4v) is 4.02. The predicted molar refractivity (Wildman–Crippen MR) is 109 cm³/mol. The van der Waals surface area contributed by atoms with Gasteiger partial charge in [-0.3, -0.25) is 9.59 Å². The van der Waals surface area contributed by atoms with Gasteiger partial charge in [0.2, 0.25) is 0 Å². The topological polar surface area (TPSA) is 82.1 Å². The van der Waals surface area contributed by atoms with Gasteiger partial charge in [-0.15, -0.1) is 0 Å².